The van der Waals surface area contributed by atoms with Crippen molar-refractivity contribution in [1.29, 1.82) is 0 Å². The Morgan fingerprint density at radius 3 is 2.93 bits per heavy atom. The number of β-amino-alcohol motifs (C(OH)–C–C–N with tert-alkyl or cyclic N) is 1. The summed E-state index contributed by atoms with van der Waals surface area (Å²) in [5.74, 6) is 0.910. The van der Waals surface area contributed by atoms with E-state index in [-0.39, 0.29) is 6.10 Å². The van der Waals surface area contributed by atoms with Crippen LogP contribution in [0.3, 0.4) is 0 Å². The highest BCUT2D eigenvalue weighted by Gasteiger charge is 2.21. The number of nitrogens with zero attached hydrogens (tertiary/aromatic N) is 2. The Kier molecular flexibility index (Phi) is 2.29. The van der Waals surface area contributed by atoms with Crippen LogP contribution in [-0.2, 0) is 0 Å². The number of rotatable bonds is 1. The fourth-order valence-electron chi connectivity index (χ4n) is 1.68. The highest BCUT2D eigenvalue weighted by molar-refractivity contribution is 5.50. The van der Waals surface area contributed by atoms with Gasteiger partial charge >= 0.3 is 0 Å². The predicted molar refractivity (Wildman–Crippen MR) is 56.2 cm³/mol. The van der Waals surface area contributed by atoms with E-state index in [1.54, 1.807) is 0 Å². The van der Waals surface area contributed by atoms with Crippen molar-refractivity contribution in [3.63, 3.8) is 0 Å². The van der Waals surface area contributed by atoms with Crippen LogP contribution in [0.25, 0.3) is 0 Å². The van der Waals surface area contributed by atoms with Gasteiger partial charge in [-0.2, -0.15) is 0 Å². The summed E-state index contributed by atoms with van der Waals surface area (Å²) in [6.45, 7) is 3.44. The minimum atomic E-state index is -0.213. The maximum absolute atomic E-state index is 9.39. The largest absolute Gasteiger partial charge is 0.397 e. The second kappa shape index (κ2) is 3.46. The highest BCUT2D eigenvalue weighted by atomic mass is 16.3. The van der Waals surface area contributed by atoms with Gasteiger partial charge in [-0.25, -0.2) is 4.98 Å². The molecule has 0 unspecified atom stereocenters. The van der Waals surface area contributed by atoms with Crippen molar-refractivity contribution in [2.75, 3.05) is 23.7 Å². The molecule has 4 nitrogen and oxygen atoms in total. The predicted octanol–water partition coefficient (Wildman–Crippen LogP) is 0.543. The number of aromatic nitrogens is 1. The molecule has 2 heterocycles. The Bertz CT molecular complexity index is 340. The van der Waals surface area contributed by atoms with Crippen molar-refractivity contribution in [2.24, 2.45) is 0 Å². The Labute approximate surface area is 83.4 Å². The first-order valence-electron chi connectivity index (χ1n) is 4.83. The standard InChI is InChI=1S/C10H15N3O/c1-7-9(11)2-3-10(12-7)13-5-4-8(14)6-13/h2-3,8,14H,4-6,11H2,1H3/t8-/m0/s1. The molecule has 2 rings (SSSR count). The Hall–Kier alpha value is -1.29. The number of nitrogens with two attached hydrogens (primary N) is 1. The van der Waals surface area contributed by atoms with Gasteiger partial charge in [-0.3, -0.25) is 0 Å². The molecular formula is C10H15N3O. The molecule has 76 valence electrons. The molecule has 14 heavy (non-hydrogen) atoms. The molecule has 0 aliphatic carbocycles. The van der Waals surface area contributed by atoms with E-state index < -0.39 is 0 Å². The second-order valence-electron chi connectivity index (χ2n) is 3.73. The lowest BCUT2D eigenvalue weighted by molar-refractivity contribution is 0.198. The van der Waals surface area contributed by atoms with Gasteiger partial charge in [0.05, 0.1) is 17.5 Å². The third kappa shape index (κ3) is 1.65. The molecular weight excluding hydrogens is 178 g/mol. The van der Waals surface area contributed by atoms with E-state index in [0.29, 0.717) is 12.2 Å². The van der Waals surface area contributed by atoms with Crippen LogP contribution < -0.4 is 10.6 Å². The van der Waals surface area contributed by atoms with Gasteiger partial charge in [-0.1, -0.05) is 0 Å². The summed E-state index contributed by atoms with van der Waals surface area (Å²) < 4.78 is 0. The van der Waals surface area contributed by atoms with E-state index in [2.05, 4.69) is 9.88 Å². The van der Waals surface area contributed by atoms with Crippen LogP contribution in [0.4, 0.5) is 11.5 Å². The average Bonchev–Trinajstić information content (AvgIpc) is 2.57. The maximum Gasteiger partial charge on any atom is 0.129 e. The zero-order valence-corrected chi connectivity index (χ0v) is 8.27. The first kappa shape index (κ1) is 9.27. The number of nitrogen functional groups attached to an aromatic ring is 1. The van der Waals surface area contributed by atoms with Crippen molar-refractivity contribution >= 4 is 11.5 Å². The molecule has 1 aromatic rings. The number of anilines is 2. The summed E-state index contributed by atoms with van der Waals surface area (Å²) in [5.41, 5.74) is 7.25. The van der Waals surface area contributed by atoms with Crippen molar-refractivity contribution in [2.45, 2.75) is 19.4 Å². The number of hydrogen-bond acceptors (Lipinski definition) is 4. The van der Waals surface area contributed by atoms with Crippen LogP contribution in [0.1, 0.15) is 12.1 Å². The van der Waals surface area contributed by atoms with Gasteiger partial charge in [0.25, 0.3) is 0 Å². The Balaban J connectivity index is 2.20. The lowest BCUT2D eigenvalue weighted by Gasteiger charge is -2.17. The third-order valence-electron chi connectivity index (χ3n) is 2.60. The topological polar surface area (TPSA) is 62.4 Å². The number of hydrogen-bond donors (Lipinski definition) is 2. The minimum absolute atomic E-state index is 0.213. The van der Waals surface area contributed by atoms with Crippen LogP contribution in [0.15, 0.2) is 12.1 Å². The molecule has 0 saturated carbocycles. The zero-order chi connectivity index (χ0) is 10.1. The van der Waals surface area contributed by atoms with Crippen LogP contribution in [0.5, 0.6) is 0 Å². The summed E-state index contributed by atoms with van der Waals surface area (Å²) in [5, 5.41) is 9.39. The number of pyridine rings is 1. The quantitative estimate of drug-likeness (QED) is 0.683. The lowest BCUT2D eigenvalue weighted by atomic mass is 10.3. The first-order valence-corrected chi connectivity index (χ1v) is 4.83. The molecule has 0 radical (unpaired) electrons. The SMILES string of the molecule is Cc1nc(N2CC[C@H](O)C2)ccc1N. The summed E-state index contributed by atoms with van der Waals surface area (Å²) in [4.78, 5) is 6.46. The summed E-state index contributed by atoms with van der Waals surface area (Å²) in [6, 6.07) is 3.77. The van der Waals surface area contributed by atoms with Gasteiger partial charge in [-0.15, -0.1) is 0 Å². The average molecular weight is 193 g/mol. The van der Waals surface area contributed by atoms with E-state index in [1.807, 2.05) is 19.1 Å². The zero-order valence-electron chi connectivity index (χ0n) is 8.27. The molecule has 0 spiro atoms. The molecule has 0 amide bonds. The van der Waals surface area contributed by atoms with Crippen molar-refractivity contribution in [1.82, 2.24) is 4.98 Å². The van der Waals surface area contributed by atoms with E-state index in [0.717, 1.165) is 24.5 Å². The number of aryl methyl sites for hydroxylation is 1. The third-order valence-corrected chi connectivity index (χ3v) is 2.60. The van der Waals surface area contributed by atoms with Crippen LogP contribution in [0, 0.1) is 6.92 Å². The minimum Gasteiger partial charge on any atom is -0.397 e. The van der Waals surface area contributed by atoms with Crippen LogP contribution >= 0.6 is 0 Å². The molecule has 4 heteroatoms. The molecule has 1 fully saturated rings. The summed E-state index contributed by atoms with van der Waals surface area (Å²) in [7, 11) is 0. The molecule has 1 aromatic heterocycles. The fourth-order valence-corrected chi connectivity index (χ4v) is 1.68. The molecule has 0 aromatic carbocycles. The number of aliphatic hydroxyl groups excluding tert-OH is 1. The molecule has 1 saturated heterocycles. The number of aliphatic hydroxyl groups is 1. The van der Waals surface area contributed by atoms with E-state index in [4.69, 9.17) is 5.73 Å². The van der Waals surface area contributed by atoms with Crippen molar-refractivity contribution < 1.29 is 5.11 Å². The smallest absolute Gasteiger partial charge is 0.129 e. The van der Waals surface area contributed by atoms with Crippen molar-refractivity contribution in [3.05, 3.63) is 17.8 Å². The van der Waals surface area contributed by atoms with Gasteiger partial charge < -0.3 is 15.7 Å². The molecule has 1 aliphatic rings. The summed E-state index contributed by atoms with van der Waals surface area (Å²) >= 11 is 0. The molecule has 0 bridgehead atoms. The van der Waals surface area contributed by atoms with Gasteiger partial charge in [-0.05, 0) is 25.5 Å². The van der Waals surface area contributed by atoms with Crippen LogP contribution in [-0.4, -0.2) is 29.3 Å². The molecule has 3 N–H and O–H groups in total. The molecule has 1 aliphatic heterocycles. The van der Waals surface area contributed by atoms with E-state index >= 15 is 0 Å². The van der Waals surface area contributed by atoms with E-state index in [9.17, 15) is 5.11 Å². The van der Waals surface area contributed by atoms with Gasteiger partial charge in [0.2, 0.25) is 0 Å². The maximum atomic E-state index is 9.39. The van der Waals surface area contributed by atoms with Crippen molar-refractivity contribution in [3.8, 4) is 0 Å². The lowest BCUT2D eigenvalue weighted by Crippen LogP contribution is -2.22. The second-order valence-corrected chi connectivity index (χ2v) is 3.73. The van der Waals surface area contributed by atoms with Gasteiger partial charge in [0.1, 0.15) is 5.82 Å². The first-order chi connectivity index (χ1) is 6.66. The van der Waals surface area contributed by atoms with Gasteiger partial charge in [0.15, 0.2) is 0 Å². The molecule has 1 atom stereocenters. The Morgan fingerprint density at radius 1 is 1.57 bits per heavy atom. The Morgan fingerprint density at radius 2 is 2.36 bits per heavy atom. The van der Waals surface area contributed by atoms with E-state index in [1.165, 1.54) is 0 Å². The highest BCUT2D eigenvalue weighted by Crippen LogP contribution is 2.20. The summed E-state index contributed by atoms with van der Waals surface area (Å²) in [6.07, 6.45) is 0.611. The normalized spacial score (nSPS) is 21.6. The monoisotopic (exact) mass is 193 g/mol. The fraction of sp³-hybridized carbons (Fsp3) is 0.500. The van der Waals surface area contributed by atoms with Gasteiger partial charge in [0, 0.05) is 13.1 Å². The van der Waals surface area contributed by atoms with Crippen LogP contribution in [0.2, 0.25) is 0 Å².